The predicted octanol–water partition coefficient (Wildman–Crippen LogP) is 3.88. The van der Waals surface area contributed by atoms with Gasteiger partial charge in [-0.15, -0.1) is 12.4 Å². The molecule has 0 radical (unpaired) electrons. The summed E-state index contributed by atoms with van der Waals surface area (Å²) >= 11 is 5.73. The van der Waals surface area contributed by atoms with Crippen LogP contribution in [0, 0.1) is 11.2 Å². The summed E-state index contributed by atoms with van der Waals surface area (Å²) in [5, 5.41) is 12.3. The Morgan fingerprint density at radius 3 is 2.28 bits per heavy atom. The van der Waals surface area contributed by atoms with Gasteiger partial charge < -0.3 is 10.4 Å². The molecule has 1 aromatic carbocycles. The van der Waals surface area contributed by atoms with Crippen LogP contribution in [0.3, 0.4) is 0 Å². The normalized spacial score (nSPS) is 17.9. The molecule has 1 aliphatic rings. The molecule has 0 unspecified atom stereocenters. The first-order chi connectivity index (χ1) is 11.1. The Morgan fingerprint density at radius 1 is 1.24 bits per heavy atom. The maximum atomic E-state index is 14.6. The zero-order valence-electron chi connectivity index (χ0n) is 14.0. The summed E-state index contributed by atoms with van der Waals surface area (Å²) in [5.41, 5.74) is -1.96. The quantitative estimate of drug-likeness (QED) is 0.747. The van der Waals surface area contributed by atoms with Gasteiger partial charge in [0.15, 0.2) is 0 Å². The van der Waals surface area contributed by atoms with Crippen LogP contribution in [0.2, 0.25) is 5.02 Å². The zero-order chi connectivity index (χ0) is 18.1. The van der Waals surface area contributed by atoms with E-state index in [1.807, 2.05) is 4.90 Å². The van der Waals surface area contributed by atoms with Gasteiger partial charge in [0.1, 0.15) is 5.82 Å². The lowest BCUT2D eigenvalue weighted by Gasteiger charge is -2.43. The second-order valence-corrected chi connectivity index (χ2v) is 7.10. The molecule has 1 aromatic rings. The smallest absolute Gasteiger partial charge is 0.396 e. The van der Waals surface area contributed by atoms with Gasteiger partial charge in [0.25, 0.3) is 0 Å². The van der Waals surface area contributed by atoms with Gasteiger partial charge in [0.05, 0.1) is 10.6 Å². The molecule has 1 heterocycles. The lowest BCUT2D eigenvalue weighted by molar-refractivity contribution is -0.137. The maximum Gasteiger partial charge on any atom is 0.416 e. The second kappa shape index (κ2) is 8.39. The summed E-state index contributed by atoms with van der Waals surface area (Å²) in [6, 6.07) is 0.691. The van der Waals surface area contributed by atoms with E-state index in [2.05, 4.69) is 5.32 Å². The van der Waals surface area contributed by atoms with Gasteiger partial charge in [-0.25, -0.2) is 4.39 Å². The molecule has 2 rings (SSSR count). The van der Waals surface area contributed by atoms with Crippen molar-refractivity contribution in [1.82, 2.24) is 10.2 Å². The summed E-state index contributed by atoms with van der Waals surface area (Å²) in [4.78, 5) is 1.89. The molecule has 2 N–H and O–H groups in total. The fourth-order valence-corrected chi connectivity index (χ4v) is 3.34. The number of nitrogens with zero attached hydrogens (tertiary/aromatic N) is 1. The van der Waals surface area contributed by atoms with E-state index in [1.165, 1.54) is 0 Å². The van der Waals surface area contributed by atoms with E-state index in [4.69, 9.17) is 11.6 Å². The van der Waals surface area contributed by atoms with E-state index >= 15 is 0 Å². The van der Waals surface area contributed by atoms with E-state index in [-0.39, 0.29) is 24.6 Å². The third kappa shape index (κ3) is 4.98. The van der Waals surface area contributed by atoms with Crippen molar-refractivity contribution >= 4 is 24.0 Å². The third-order valence-corrected chi connectivity index (χ3v) is 4.62. The summed E-state index contributed by atoms with van der Waals surface area (Å²) in [7, 11) is 0. The number of nitrogens with one attached hydrogen (secondary N) is 1. The molecule has 1 aliphatic heterocycles. The van der Waals surface area contributed by atoms with Crippen molar-refractivity contribution in [2.75, 3.05) is 32.8 Å². The van der Waals surface area contributed by atoms with Gasteiger partial charge in [-0.1, -0.05) is 25.4 Å². The van der Waals surface area contributed by atoms with Crippen molar-refractivity contribution in [2.45, 2.75) is 26.1 Å². The predicted molar refractivity (Wildman–Crippen MR) is 91.7 cm³/mol. The lowest BCUT2D eigenvalue weighted by Crippen LogP contribution is -2.49. The summed E-state index contributed by atoms with van der Waals surface area (Å²) in [6.45, 7) is 5.48. The van der Waals surface area contributed by atoms with Gasteiger partial charge in [-0.2, -0.15) is 13.2 Å². The minimum atomic E-state index is -4.62. The van der Waals surface area contributed by atoms with E-state index in [9.17, 15) is 22.7 Å². The Morgan fingerprint density at radius 2 is 1.80 bits per heavy atom. The number of halogens is 6. The van der Waals surface area contributed by atoms with Crippen molar-refractivity contribution in [2.24, 2.45) is 5.41 Å². The largest absolute Gasteiger partial charge is 0.416 e. The van der Waals surface area contributed by atoms with Crippen LogP contribution in [-0.2, 0) is 6.18 Å². The van der Waals surface area contributed by atoms with Crippen LogP contribution in [0.5, 0.6) is 0 Å². The Labute approximate surface area is 155 Å². The molecule has 0 bridgehead atoms. The maximum absolute atomic E-state index is 14.6. The summed E-state index contributed by atoms with van der Waals surface area (Å²) < 4.78 is 53.9. The van der Waals surface area contributed by atoms with Gasteiger partial charge in [-0.05, 0) is 12.1 Å². The van der Waals surface area contributed by atoms with Crippen LogP contribution in [0.15, 0.2) is 12.1 Å². The van der Waals surface area contributed by atoms with Crippen molar-refractivity contribution in [3.05, 3.63) is 34.1 Å². The second-order valence-electron chi connectivity index (χ2n) is 6.69. The molecule has 0 saturated carbocycles. The van der Waals surface area contributed by atoms with E-state index in [0.717, 1.165) is 6.07 Å². The topological polar surface area (TPSA) is 35.5 Å². The number of hydrogen-bond donors (Lipinski definition) is 2. The molecule has 0 aliphatic carbocycles. The van der Waals surface area contributed by atoms with Gasteiger partial charge in [-0.3, -0.25) is 4.90 Å². The SMILES string of the molecule is CC(C)(CO)[C@@H](c1cc(C(F)(F)F)cc(Cl)c1F)N1CCNCC1.Cl. The minimum absolute atomic E-state index is 0. The van der Waals surface area contributed by atoms with Gasteiger partial charge in [0.2, 0.25) is 0 Å². The molecule has 144 valence electrons. The number of benzene rings is 1. The Bertz CT molecular complexity index is 590. The molecule has 9 heteroatoms. The number of rotatable bonds is 4. The molecule has 3 nitrogen and oxygen atoms in total. The van der Waals surface area contributed by atoms with Crippen LogP contribution in [0.1, 0.15) is 31.0 Å². The zero-order valence-corrected chi connectivity index (χ0v) is 15.5. The summed E-state index contributed by atoms with van der Waals surface area (Å²) in [5.74, 6) is -0.866. The van der Waals surface area contributed by atoms with E-state index in [1.54, 1.807) is 13.8 Å². The molecule has 1 saturated heterocycles. The Kier molecular flexibility index (Phi) is 7.53. The van der Waals surface area contributed by atoms with Crippen molar-refractivity contribution in [1.29, 1.82) is 0 Å². The highest BCUT2D eigenvalue weighted by Gasteiger charge is 2.40. The van der Waals surface area contributed by atoms with Gasteiger partial charge in [0, 0.05) is 49.8 Å². The third-order valence-electron chi connectivity index (χ3n) is 4.34. The number of hydrogen-bond acceptors (Lipinski definition) is 3. The molecule has 0 aromatic heterocycles. The van der Waals surface area contributed by atoms with E-state index in [0.29, 0.717) is 32.2 Å². The first kappa shape index (κ1) is 22.4. The lowest BCUT2D eigenvalue weighted by atomic mass is 9.79. The highest BCUT2D eigenvalue weighted by molar-refractivity contribution is 6.30. The number of piperazine rings is 1. The summed E-state index contributed by atoms with van der Waals surface area (Å²) in [6.07, 6.45) is -4.62. The fraction of sp³-hybridized carbons (Fsp3) is 0.625. The molecule has 1 atom stereocenters. The Balaban J connectivity index is 0.00000312. The Hall–Kier alpha value is -0.600. The molecule has 0 spiro atoms. The molecular weight excluding hydrogens is 383 g/mol. The highest BCUT2D eigenvalue weighted by Crippen LogP contribution is 2.43. The number of aliphatic hydroxyl groups is 1. The van der Waals surface area contributed by atoms with Crippen LogP contribution in [0.25, 0.3) is 0 Å². The molecule has 1 fully saturated rings. The van der Waals surface area contributed by atoms with E-state index < -0.39 is 34.0 Å². The molecule has 0 amide bonds. The monoisotopic (exact) mass is 404 g/mol. The molecule has 25 heavy (non-hydrogen) atoms. The minimum Gasteiger partial charge on any atom is -0.396 e. The first-order valence-electron chi connectivity index (χ1n) is 7.69. The fourth-order valence-electron chi connectivity index (χ4n) is 3.11. The number of alkyl halides is 3. The van der Waals surface area contributed by atoms with Crippen molar-refractivity contribution in [3.63, 3.8) is 0 Å². The van der Waals surface area contributed by atoms with Crippen LogP contribution in [0.4, 0.5) is 17.6 Å². The first-order valence-corrected chi connectivity index (χ1v) is 8.07. The van der Waals surface area contributed by atoms with Crippen LogP contribution >= 0.6 is 24.0 Å². The van der Waals surface area contributed by atoms with Gasteiger partial charge >= 0.3 is 6.18 Å². The average Bonchev–Trinajstić information content (AvgIpc) is 2.51. The number of aliphatic hydroxyl groups excluding tert-OH is 1. The van der Waals surface area contributed by atoms with Crippen molar-refractivity contribution in [3.8, 4) is 0 Å². The highest BCUT2D eigenvalue weighted by atomic mass is 35.5. The molecular formula is C16H22Cl2F4N2O. The average molecular weight is 405 g/mol. The standard InChI is InChI=1S/C16H21ClF4N2O.ClH/c1-15(2,9-24)14(23-5-3-22-4-6-23)11-7-10(16(19,20)21)8-12(17)13(11)18;/h7-8,14,22,24H,3-6,9H2,1-2H3;1H/t14-;/m1./s1. The van der Waals surface area contributed by atoms with Crippen molar-refractivity contribution < 1.29 is 22.7 Å². The van der Waals surface area contributed by atoms with Crippen LogP contribution < -0.4 is 5.32 Å². The van der Waals surface area contributed by atoms with Crippen LogP contribution in [-0.4, -0.2) is 42.8 Å².